The Kier molecular flexibility index (Phi) is 5.13. The van der Waals surface area contributed by atoms with Gasteiger partial charge < -0.3 is 29.0 Å². The predicted molar refractivity (Wildman–Crippen MR) is 91.1 cm³/mol. The molecule has 0 aromatic heterocycles. The maximum Gasteiger partial charge on any atom is 0.262 e. The minimum absolute atomic E-state index is 0.131. The molecule has 7 heteroatoms. The molecule has 1 aliphatic heterocycles. The molecule has 25 heavy (non-hydrogen) atoms. The van der Waals surface area contributed by atoms with Crippen molar-refractivity contribution in [3.8, 4) is 28.7 Å². The number of rotatable bonds is 6. The number of fused-ring (bicyclic) bond motifs is 1. The van der Waals surface area contributed by atoms with Gasteiger partial charge in [-0.3, -0.25) is 4.79 Å². The van der Waals surface area contributed by atoms with Crippen molar-refractivity contribution in [2.24, 2.45) is 0 Å². The summed E-state index contributed by atoms with van der Waals surface area (Å²) in [6.45, 7) is 0.894. The number of carbonyl (C=O) groups excluding carboxylic acids is 1. The molecule has 0 saturated carbocycles. The zero-order valence-electron chi connectivity index (χ0n) is 14.0. The Bertz CT molecular complexity index is 761. The van der Waals surface area contributed by atoms with Crippen LogP contribution in [-0.4, -0.2) is 39.9 Å². The van der Waals surface area contributed by atoms with Crippen LogP contribution in [0.25, 0.3) is 0 Å². The maximum absolute atomic E-state index is 12.1. The quantitative estimate of drug-likeness (QED) is 0.867. The van der Waals surface area contributed by atoms with E-state index in [4.69, 9.17) is 23.7 Å². The molecule has 0 aliphatic carbocycles. The molecule has 1 heterocycles. The lowest BCUT2D eigenvalue weighted by Gasteiger charge is -2.18. The van der Waals surface area contributed by atoms with E-state index in [2.05, 4.69) is 5.32 Å². The van der Waals surface area contributed by atoms with Crippen LogP contribution in [0.2, 0.25) is 0 Å². The van der Waals surface area contributed by atoms with E-state index in [9.17, 15) is 4.79 Å². The number of amides is 1. The molecule has 0 spiro atoms. The van der Waals surface area contributed by atoms with Crippen molar-refractivity contribution in [3.63, 3.8) is 0 Å². The van der Waals surface area contributed by atoms with Crippen LogP contribution in [0.3, 0.4) is 0 Å². The smallest absolute Gasteiger partial charge is 0.262 e. The molecule has 0 radical (unpaired) electrons. The number of methoxy groups -OCH3 is 2. The topological polar surface area (TPSA) is 75.3 Å². The molecule has 0 atom stereocenters. The first-order chi connectivity index (χ1) is 12.2. The second-order valence-corrected chi connectivity index (χ2v) is 5.21. The number of benzene rings is 2. The monoisotopic (exact) mass is 345 g/mol. The minimum Gasteiger partial charge on any atom is -0.493 e. The van der Waals surface area contributed by atoms with Gasteiger partial charge in [-0.15, -0.1) is 0 Å². The van der Waals surface area contributed by atoms with E-state index in [0.717, 1.165) is 0 Å². The van der Waals surface area contributed by atoms with Gasteiger partial charge in [0.1, 0.15) is 19.0 Å². The molecule has 0 bridgehead atoms. The van der Waals surface area contributed by atoms with Gasteiger partial charge in [-0.2, -0.15) is 0 Å². The first-order valence-electron chi connectivity index (χ1n) is 7.74. The van der Waals surface area contributed by atoms with E-state index in [1.807, 2.05) is 0 Å². The summed E-state index contributed by atoms with van der Waals surface area (Å²) in [5.41, 5.74) is 0.591. The van der Waals surface area contributed by atoms with Gasteiger partial charge in [0, 0.05) is 17.8 Å². The predicted octanol–water partition coefficient (Wildman–Crippen LogP) is 2.49. The molecule has 1 aliphatic rings. The van der Waals surface area contributed by atoms with Crippen molar-refractivity contribution >= 4 is 11.6 Å². The summed E-state index contributed by atoms with van der Waals surface area (Å²) in [5.74, 6) is 2.66. The van der Waals surface area contributed by atoms with Crippen LogP contribution in [0.4, 0.5) is 5.69 Å². The highest BCUT2D eigenvalue weighted by molar-refractivity contribution is 5.92. The molecule has 132 valence electrons. The van der Waals surface area contributed by atoms with E-state index < -0.39 is 0 Å². The Labute approximate surface area is 145 Å². The highest BCUT2D eigenvalue weighted by Crippen LogP contribution is 2.33. The fraction of sp³-hybridized carbons (Fsp3) is 0.278. The summed E-state index contributed by atoms with van der Waals surface area (Å²) in [6.07, 6.45) is 0. The Morgan fingerprint density at radius 3 is 2.52 bits per heavy atom. The van der Waals surface area contributed by atoms with Crippen molar-refractivity contribution in [2.75, 3.05) is 39.4 Å². The highest BCUT2D eigenvalue weighted by Gasteiger charge is 2.13. The van der Waals surface area contributed by atoms with E-state index in [-0.39, 0.29) is 12.5 Å². The fourth-order valence-electron chi connectivity index (χ4n) is 2.37. The number of carbonyl (C=O) groups is 1. The van der Waals surface area contributed by atoms with Crippen LogP contribution in [0.15, 0.2) is 36.4 Å². The number of anilines is 1. The van der Waals surface area contributed by atoms with Gasteiger partial charge in [0.05, 0.1) is 14.2 Å². The van der Waals surface area contributed by atoms with Crippen LogP contribution in [0, 0.1) is 0 Å². The van der Waals surface area contributed by atoms with Crippen LogP contribution in [-0.2, 0) is 4.79 Å². The van der Waals surface area contributed by atoms with E-state index in [1.165, 1.54) is 7.11 Å². The SMILES string of the molecule is COc1ccc(NC(=O)COc2ccc3c(c2)OCCO3)cc1OC. The number of ether oxygens (including phenoxy) is 5. The average Bonchev–Trinajstić information content (AvgIpc) is 2.66. The number of hydrogen-bond donors (Lipinski definition) is 1. The molecule has 0 saturated heterocycles. The van der Waals surface area contributed by atoms with Crippen molar-refractivity contribution in [3.05, 3.63) is 36.4 Å². The van der Waals surface area contributed by atoms with Gasteiger partial charge in [-0.1, -0.05) is 0 Å². The van der Waals surface area contributed by atoms with Gasteiger partial charge in [0.2, 0.25) is 0 Å². The summed E-state index contributed by atoms with van der Waals surface area (Å²) < 4.78 is 26.8. The lowest BCUT2D eigenvalue weighted by molar-refractivity contribution is -0.118. The van der Waals surface area contributed by atoms with Crippen molar-refractivity contribution in [2.45, 2.75) is 0 Å². The first-order valence-corrected chi connectivity index (χ1v) is 7.74. The third-order valence-electron chi connectivity index (χ3n) is 3.55. The van der Waals surface area contributed by atoms with Crippen LogP contribution in [0.1, 0.15) is 0 Å². The van der Waals surface area contributed by atoms with Crippen molar-refractivity contribution in [1.82, 2.24) is 0 Å². The van der Waals surface area contributed by atoms with E-state index in [1.54, 1.807) is 43.5 Å². The number of hydrogen-bond acceptors (Lipinski definition) is 6. The molecule has 2 aromatic rings. The molecule has 0 unspecified atom stereocenters. The molecule has 0 fully saturated rings. The van der Waals surface area contributed by atoms with Gasteiger partial charge in [-0.05, 0) is 24.3 Å². The molecule has 3 rings (SSSR count). The number of nitrogens with one attached hydrogen (secondary N) is 1. The van der Waals surface area contributed by atoms with Gasteiger partial charge in [0.15, 0.2) is 29.6 Å². The van der Waals surface area contributed by atoms with Crippen LogP contribution < -0.4 is 29.0 Å². The zero-order chi connectivity index (χ0) is 17.6. The third-order valence-corrected chi connectivity index (χ3v) is 3.55. The summed E-state index contributed by atoms with van der Waals surface area (Å²) >= 11 is 0. The van der Waals surface area contributed by atoms with Crippen LogP contribution in [0.5, 0.6) is 28.7 Å². The van der Waals surface area contributed by atoms with Gasteiger partial charge >= 0.3 is 0 Å². The standard InChI is InChI=1S/C18H19NO6/c1-21-14-5-3-12(9-16(14)22-2)19-18(20)11-25-13-4-6-15-17(10-13)24-8-7-23-15/h3-6,9-10H,7-8,11H2,1-2H3,(H,19,20). The molecule has 1 N–H and O–H groups in total. The Balaban J connectivity index is 1.58. The Morgan fingerprint density at radius 1 is 1.00 bits per heavy atom. The highest BCUT2D eigenvalue weighted by atomic mass is 16.6. The molecule has 2 aromatic carbocycles. The lowest BCUT2D eigenvalue weighted by Crippen LogP contribution is -2.20. The summed E-state index contributed by atoms with van der Waals surface area (Å²) in [6, 6.07) is 10.3. The first kappa shape index (κ1) is 16.8. The van der Waals surface area contributed by atoms with Crippen molar-refractivity contribution < 1.29 is 28.5 Å². The second kappa shape index (κ2) is 7.65. The average molecular weight is 345 g/mol. The zero-order valence-corrected chi connectivity index (χ0v) is 14.0. The van der Waals surface area contributed by atoms with Gasteiger partial charge in [-0.25, -0.2) is 0 Å². The molecule has 1 amide bonds. The van der Waals surface area contributed by atoms with Crippen molar-refractivity contribution in [1.29, 1.82) is 0 Å². The van der Waals surface area contributed by atoms with E-state index in [0.29, 0.717) is 47.6 Å². The van der Waals surface area contributed by atoms with E-state index >= 15 is 0 Å². The summed E-state index contributed by atoms with van der Waals surface area (Å²) in [4.78, 5) is 12.1. The summed E-state index contributed by atoms with van der Waals surface area (Å²) in [7, 11) is 3.09. The fourth-order valence-corrected chi connectivity index (χ4v) is 2.37. The normalized spacial score (nSPS) is 12.2. The molecule has 7 nitrogen and oxygen atoms in total. The second-order valence-electron chi connectivity index (χ2n) is 5.21. The maximum atomic E-state index is 12.1. The Hall–Kier alpha value is -3.09. The summed E-state index contributed by atoms with van der Waals surface area (Å²) in [5, 5.41) is 2.75. The third kappa shape index (κ3) is 4.06. The lowest BCUT2D eigenvalue weighted by atomic mass is 10.2. The molecular weight excluding hydrogens is 326 g/mol. The Morgan fingerprint density at radius 2 is 1.76 bits per heavy atom. The van der Waals surface area contributed by atoms with Gasteiger partial charge in [0.25, 0.3) is 5.91 Å². The molecular formula is C18H19NO6. The largest absolute Gasteiger partial charge is 0.493 e. The van der Waals surface area contributed by atoms with Crippen LogP contribution >= 0.6 is 0 Å². The minimum atomic E-state index is -0.290.